The molecule has 0 bridgehead atoms. The largest absolute Gasteiger partial charge is 0.479 e. The molecular weight excluding hydrogens is 252 g/mol. The van der Waals surface area contributed by atoms with Gasteiger partial charge in [0.25, 0.3) is 0 Å². The molecule has 0 spiro atoms. The fraction of sp³-hybridized carbons (Fsp3) is 0.588. The van der Waals surface area contributed by atoms with Crippen molar-refractivity contribution in [1.29, 1.82) is 0 Å². The standard InChI is InChI=1S/C17H26O3/c1-4-11-17(16(18)19,20-12-5-2)13-14(3)15-9-7-6-8-10-15/h6-10,14H,4-5,11-13H2,1-3H3,(H,18,19). The van der Waals surface area contributed by atoms with Crippen LogP contribution in [0.25, 0.3) is 0 Å². The van der Waals surface area contributed by atoms with Gasteiger partial charge >= 0.3 is 5.97 Å². The topological polar surface area (TPSA) is 46.5 Å². The second kappa shape index (κ2) is 8.05. The van der Waals surface area contributed by atoms with Crippen LogP contribution in [0, 0.1) is 0 Å². The van der Waals surface area contributed by atoms with Crippen molar-refractivity contribution in [2.75, 3.05) is 6.61 Å². The predicted octanol–water partition coefficient (Wildman–Crippen LogP) is 4.23. The lowest BCUT2D eigenvalue weighted by atomic mass is 9.84. The summed E-state index contributed by atoms with van der Waals surface area (Å²) >= 11 is 0. The maximum Gasteiger partial charge on any atom is 0.335 e. The van der Waals surface area contributed by atoms with Crippen molar-refractivity contribution in [3.05, 3.63) is 35.9 Å². The van der Waals surface area contributed by atoms with Gasteiger partial charge in [0.2, 0.25) is 0 Å². The number of hydrogen-bond acceptors (Lipinski definition) is 2. The average molecular weight is 278 g/mol. The smallest absolute Gasteiger partial charge is 0.335 e. The molecule has 1 aromatic carbocycles. The number of carbonyl (C=O) groups is 1. The molecule has 2 atom stereocenters. The van der Waals surface area contributed by atoms with Crippen LogP contribution in [0.3, 0.4) is 0 Å². The first-order chi connectivity index (χ1) is 9.55. The molecule has 3 heteroatoms. The second-order valence-electron chi connectivity index (χ2n) is 5.41. The van der Waals surface area contributed by atoms with Crippen molar-refractivity contribution in [2.24, 2.45) is 0 Å². The minimum Gasteiger partial charge on any atom is -0.479 e. The van der Waals surface area contributed by atoms with Crippen LogP contribution in [-0.4, -0.2) is 23.3 Å². The van der Waals surface area contributed by atoms with Crippen LogP contribution >= 0.6 is 0 Å². The third-order valence-corrected chi connectivity index (χ3v) is 3.63. The SMILES string of the molecule is CCCOC(CCC)(CC(C)c1ccccc1)C(=O)O. The van der Waals surface area contributed by atoms with Gasteiger partial charge in [-0.25, -0.2) is 4.79 Å². The molecule has 0 amide bonds. The monoisotopic (exact) mass is 278 g/mol. The van der Waals surface area contributed by atoms with Gasteiger partial charge in [-0.15, -0.1) is 0 Å². The highest BCUT2D eigenvalue weighted by molar-refractivity contribution is 5.77. The van der Waals surface area contributed by atoms with Gasteiger partial charge in [0, 0.05) is 6.61 Å². The maximum atomic E-state index is 11.8. The van der Waals surface area contributed by atoms with Gasteiger partial charge in [-0.05, 0) is 30.7 Å². The minimum atomic E-state index is -1.06. The van der Waals surface area contributed by atoms with Crippen LogP contribution < -0.4 is 0 Å². The fourth-order valence-electron chi connectivity index (χ4n) is 2.58. The van der Waals surface area contributed by atoms with E-state index in [0.717, 1.165) is 18.4 Å². The van der Waals surface area contributed by atoms with Crippen LogP contribution in [0.15, 0.2) is 30.3 Å². The molecule has 0 radical (unpaired) electrons. The molecule has 112 valence electrons. The zero-order valence-electron chi connectivity index (χ0n) is 12.8. The van der Waals surface area contributed by atoms with Crippen molar-refractivity contribution in [3.8, 4) is 0 Å². The van der Waals surface area contributed by atoms with E-state index in [2.05, 4.69) is 6.92 Å². The molecule has 1 rings (SSSR count). The first-order valence-electron chi connectivity index (χ1n) is 7.48. The molecule has 0 saturated heterocycles. The van der Waals surface area contributed by atoms with Crippen molar-refractivity contribution < 1.29 is 14.6 Å². The first kappa shape index (κ1) is 16.7. The molecule has 0 aliphatic carbocycles. The van der Waals surface area contributed by atoms with Gasteiger partial charge < -0.3 is 9.84 Å². The van der Waals surface area contributed by atoms with Crippen molar-refractivity contribution in [2.45, 2.75) is 58.0 Å². The van der Waals surface area contributed by atoms with E-state index in [1.54, 1.807) is 0 Å². The van der Waals surface area contributed by atoms with E-state index < -0.39 is 11.6 Å². The summed E-state index contributed by atoms with van der Waals surface area (Å²) in [6.45, 7) is 6.56. The van der Waals surface area contributed by atoms with E-state index in [9.17, 15) is 9.90 Å². The molecular formula is C17H26O3. The lowest BCUT2D eigenvalue weighted by molar-refractivity contribution is -0.169. The normalized spacial score (nSPS) is 15.6. The number of carboxylic acids is 1. The van der Waals surface area contributed by atoms with Gasteiger partial charge in [0.15, 0.2) is 5.60 Å². The second-order valence-corrected chi connectivity index (χ2v) is 5.41. The quantitative estimate of drug-likeness (QED) is 0.735. The summed E-state index contributed by atoms with van der Waals surface area (Å²) in [5.41, 5.74) is 0.106. The number of benzene rings is 1. The third-order valence-electron chi connectivity index (χ3n) is 3.63. The maximum absolute atomic E-state index is 11.8. The van der Waals surface area contributed by atoms with E-state index in [4.69, 9.17) is 4.74 Å². The summed E-state index contributed by atoms with van der Waals surface area (Å²) in [5, 5.41) is 9.65. The molecule has 0 aliphatic rings. The van der Waals surface area contributed by atoms with Gasteiger partial charge in [-0.1, -0.05) is 57.5 Å². The lowest BCUT2D eigenvalue weighted by Gasteiger charge is -2.32. The Morgan fingerprint density at radius 1 is 1.25 bits per heavy atom. The molecule has 0 heterocycles. The molecule has 0 aromatic heterocycles. The summed E-state index contributed by atoms with van der Waals surface area (Å²) in [6, 6.07) is 10.0. The summed E-state index contributed by atoms with van der Waals surface area (Å²) in [6.07, 6.45) is 2.70. The summed E-state index contributed by atoms with van der Waals surface area (Å²) in [4.78, 5) is 11.8. The summed E-state index contributed by atoms with van der Waals surface area (Å²) in [5.74, 6) is -0.675. The van der Waals surface area contributed by atoms with Crippen LogP contribution in [0.4, 0.5) is 0 Å². The molecule has 2 unspecified atom stereocenters. The van der Waals surface area contributed by atoms with Crippen LogP contribution in [0.2, 0.25) is 0 Å². The Hall–Kier alpha value is -1.35. The summed E-state index contributed by atoms with van der Waals surface area (Å²) in [7, 11) is 0. The third kappa shape index (κ3) is 4.34. The molecule has 1 N–H and O–H groups in total. The number of aliphatic carboxylic acids is 1. The van der Waals surface area contributed by atoms with E-state index in [0.29, 0.717) is 19.4 Å². The fourth-order valence-corrected chi connectivity index (χ4v) is 2.58. The van der Waals surface area contributed by atoms with Gasteiger partial charge in [0.1, 0.15) is 0 Å². The Labute approximate surface area is 122 Å². The number of hydrogen-bond donors (Lipinski definition) is 1. The predicted molar refractivity (Wildman–Crippen MR) is 81.0 cm³/mol. The lowest BCUT2D eigenvalue weighted by Crippen LogP contribution is -2.43. The molecule has 3 nitrogen and oxygen atoms in total. The minimum absolute atomic E-state index is 0.163. The number of ether oxygens (including phenoxy) is 1. The van der Waals surface area contributed by atoms with Crippen molar-refractivity contribution in [1.82, 2.24) is 0 Å². The highest BCUT2D eigenvalue weighted by atomic mass is 16.5. The van der Waals surface area contributed by atoms with E-state index in [1.165, 1.54) is 0 Å². The molecule has 0 fully saturated rings. The Morgan fingerprint density at radius 3 is 2.40 bits per heavy atom. The van der Waals surface area contributed by atoms with Crippen LogP contribution in [0.5, 0.6) is 0 Å². The Bertz CT molecular complexity index is 402. The first-order valence-corrected chi connectivity index (χ1v) is 7.48. The molecule has 20 heavy (non-hydrogen) atoms. The average Bonchev–Trinajstić information content (AvgIpc) is 2.45. The highest BCUT2D eigenvalue weighted by Gasteiger charge is 2.40. The Morgan fingerprint density at radius 2 is 1.90 bits per heavy atom. The summed E-state index contributed by atoms with van der Waals surface area (Å²) < 4.78 is 5.77. The number of carboxylic acid groups (broad SMARTS) is 1. The molecule has 0 aliphatic heterocycles. The van der Waals surface area contributed by atoms with Crippen LogP contribution in [0.1, 0.15) is 57.9 Å². The van der Waals surface area contributed by atoms with Gasteiger partial charge in [-0.3, -0.25) is 0 Å². The van der Waals surface area contributed by atoms with E-state index in [-0.39, 0.29) is 5.92 Å². The highest BCUT2D eigenvalue weighted by Crippen LogP contribution is 2.32. The van der Waals surface area contributed by atoms with Crippen molar-refractivity contribution >= 4 is 5.97 Å². The Kier molecular flexibility index (Phi) is 6.73. The molecule has 1 aromatic rings. The van der Waals surface area contributed by atoms with Gasteiger partial charge in [0.05, 0.1) is 0 Å². The van der Waals surface area contributed by atoms with Gasteiger partial charge in [-0.2, -0.15) is 0 Å². The Balaban J connectivity index is 2.89. The number of rotatable bonds is 9. The molecule has 0 saturated carbocycles. The zero-order valence-corrected chi connectivity index (χ0v) is 12.8. The van der Waals surface area contributed by atoms with E-state index >= 15 is 0 Å². The van der Waals surface area contributed by atoms with Crippen LogP contribution in [-0.2, 0) is 9.53 Å². The zero-order chi connectivity index (χ0) is 15.0. The van der Waals surface area contributed by atoms with Crippen molar-refractivity contribution in [3.63, 3.8) is 0 Å². The van der Waals surface area contributed by atoms with E-state index in [1.807, 2.05) is 44.2 Å².